The standard InChI is InChI=1S/C32H50N4O9/c1-9-20(4)27(36-44-18-22-12-10-11-13-24(22)31(42)43)30(41)35-25(14-15-26(38)45-32(6,7)8)29(40)33-21(5)28(39)34-23(17-37)16-19(2)3/h10-13,17,19-21,23,25,27,36H,9,14-16,18H2,1-8H3,(H,33,40)(H,34,39)(H,35,41)(H,42,43)/t20-,21-,23-,25-,27-/m0/s1. The van der Waals surface area contributed by atoms with E-state index in [0.717, 1.165) is 0 Å². The number of nitrogens with one attached hydrogen (secondary N) is 4. The molecule has 0 aliphatic rings. The molecule has 252 valence electrons. The number of hydrogen-bond acceptors (Lipinski definition) is 9. The predicted octanol–water partition coefficient (Wildman–Crippen LogP) is 2.66. The van der Waals surface area contributed by atoms with Gasteiger partial charge >= 0.3 is 11.9 Å². The van der Waals surface area contributed by atoms with Gasteiger partial charge in [-0.1, -0.05) is 52.3 Å². The SMILES string of the molecule is CC[C@H](C)[C@H](NOCc1ccccc1C(=O)O)C(=O)N[C@@H](CCC(=O)OC(C)(C)C)C(=O)N[C@@H](C)C(=O)N[C@H](C=O)CC(C)C. The van der Waals surface area contributed by atoms with Crippen LogP contribution in [0.5, 0.6) is 0 Å². The van der Waals surface area contributed by atoms with Gasteiger partial charge in [0.25, 0.3) is 0 Å². The van der Waals surface area contributed by atoms with Crippen molar-refractivity contribution < 1.29 is 43.4 Å². The minimum atomic E-state index is -1.22. The fourth-order valence-corrected chi connectivity index (χ4v) is 4.26. The van der Waals surface area contributed by atoms with Crippen molar-refractivity contribution in [2.24, 2.45) is 11.8 Å². The van der Waals surface area contributed by atoms with Crippen molar-refractivity contribution in [1.29, 1.82) is 0 Å². The van der Waals surface area contributed by atoms with E-state index in [1.165, 1.54) is 13.0 Å². The number of esters is 1. The molecular formula is C32H50N4O9. The van der Waals surface area contributed by atoms with Gasteiger partial charge in [-0.2, -0.15) is 5.48 Å². The summed E-state index contributed by atoms with van der Waals surface area (Å²) in [4.78, 5) is 80.5. The monoisotopic (exact) mass is 634 g/mol. The van der Waals surface area contributed by atoms with E-state index < -0.39 is 59.4 Å². The number of benzene rings is 1. The molecule has 1 rings (SSSR count). The van der Waals surface area contributed by atoms with Crippen molar-refractivity contribution in [3.63, 3.8) is 0 Å². The molecule has 3 amide bonds. The molecular weight excluding hydrogens is 584 g/mol. The molecule has 0 spiro atoms. The average Bonchev–Trinajstić information content (AvgIpc) is 2.95. The van der Waals surface area contributed by atoms with E-state index in [1.54, 1.807) is 45.9 Å². The van der Waals surface area contributed by atoms with Crippen molar-refractivity contribution in [3.05, 3.63) is 35.4 Å². The Morgan fingerprint density at radius 2 is 1.58 bits per heavy atom. The number of rotatable bonds is 19. The van der Waals surface area contributed by atoms with Gasteiger partial charge in [0.05, 0.1) is 18.2 Å². The summed E-state index contributed by atoms with van der Waals surface area (Å²) in [5, 5.41) is 17.3. The molecule has 1 aromatic rings. The zero-order valence-corrected chi connectivity index (χ0v) is 27.6. The molecule has 0 radical (unpaired) electrons. The lowest BCUT2D eigenvalue weighted by Crippen LogP contribution is -2.57. The third-order valence-electron chi connectivity index (χ3n) is 6.84. The summed E-state index contributed by atoms with van der Waals surface area (Å²) in [7, 11) is 0. The Labute approximate surface area is 265 Å². The maximum Gasteiger partial charge on any atom is 0.336 e. The van der Waals surface area contributed by atoms with E-state index in [4.69, 9.17) is 9.57 Å². The quantitative estimate of drug-likeness (QED) is 0.0860. The Hall–Kier alpha value is -3.84. The van der Waals surface area contributed by atoms with Gasteiger partial charge in [0.15, 0.2) is 0 Å². The van der Waals surface area contributed by atoms with Crippen LogP contribution in [0.25, 0.3) is 0 Å². The molecule has 0 aromatic heterocycles. The molecule has 45 heavy (non-hydrogen) atoms. The molecule has 0 bridgehead atoms. The van der Waals surface area contributed by atoms with E-state index in [-0.39, 0.29) is 36.8 Å². The third-order valence-corrected chi connectivity index (χ3v) is 6.84. The normalized spacial score (nSPS) is 14.8. The highest BCUT2D eigenvalue weighted by atomic mass is 16.6. The van der Waals surface area contributed by atoms with Crippen LogP contribution in [-0.4, -0.2) is 70.8 Å². The van der Waals surface area contributed by atoms with E-state index in [0.29, 0.717) is 24.7 Å². The summed E-state index contributed by atoms with van der Waals surface area (Å²) in [6.07, 6.45) is 1.31. The molecule has 0 unspecified atom stereocenters. The van der Waals surface area contributed by atoms with Crippen LogP contribution in [0.1, 0.15) is 97.0 Å². The molecule has 5 atom stereocenters. The van der Waals surface area contributed by atoms with Crippen molar-refractivity contribution in [3.8, 4) is 0 Å². The van der Waals surface area contributed by atoms with Crippen LogP contribution in [0.4, 0.5) is 0 Å². The van der Waals surface area contributed by atoms with E-state index in [9.17, 15) is 33.9 Å². The smallest absolute Gasteiger partial charge is 0.336 e. The first-order chi connectivity index (χ1) is 21.0. The number of hydroxylamine groups is 1. The lowest BCUT2D eigenvalue weighted by atomic mass is 9.98. The molecule has 0 heterocycles. The Morgan fingerprint density at radius 1 is 0.933 bits per heavy atom. The van der Waals surface area contributed by atoms with Gasteiger partial charge in [0.2, 0.25) is 17.7 Å². The minimum absolute atomic E-state index is 0.0598. The Bertz CT molecular complexity index is 1170. The zero-order valence-electron chi connectivity index (χ0n) is 27.6. The van der Waals surface area contributed by atoms with Gasteiger partial charge in [-0.25, -0.2) is 4.79 Å². The fraction of sp³-hybridized carbons (Fsp3) is 0.625. The van der Waals surface area contributed by atoms with Crippen LogP contribution < -0.4 is 21.4 Å². The highest BCUT2D eigenvalue weighted by molar-refractivity contribution is 5.93. The summed E-state index contributed by atoms with van der Waals surface area (Å²) in [6.45, 7) is 13.9. The van der Waals surface area contributed by atoms with Crippen LogP contribution >= 0.6 is 0 Å². The molecule has 13 heteroatoms. The van der Waals surface area contributed by atoms with Gasteiger partial charge in [-0.15, -0.1) is 0 Å². The summed E-state index contributed by atoms with van der Waals surface area (Å²) in [5.74, 6) is -3.70. The molecule has 13 nitrogen and oxygen atoms in total. The number of amides is 3. The van der Waals surface area contributed by atoms with Gasteiger partial charge < -0.3 is 30.6 Å². The average molecular weight is 635 g/mol. The van der Waals surface area contributed by atoms with E-state index >= 15 is 0 Å². The lowest BCUT2D eigenvalue weighted by molar-refractivity contribution is -0.155. The summed E-state index contributed by atoms with van der Waals surface area (Å²) < 4.78 is 5.35. The second kappa shape index (κ2) is 18.8. The van der Waals surface area contributed by atoms with E-state index in [1.807, 2.05) is 20.8 Å². The molecule has 0 aliphatic carbocycles. The number of hydrogen-bond donors (Lipinski definition) is 5. The van der Waals surface area contributed by atoms with Crippen molar-refractivity contribution in [2.45, 2.75) is 117 Å². The summed E-state index contributed by atoms with van der Waals surface area (Å²) >= 11 is 0. The molecule has 0 saturated carbocycles. The maximum absolute atomic E-state index is 13.5. The molecule has 5 N–H and O–H groups in total. The fourth-order valence-electron chi connectivity index (χ4n) is 4.26. The Kier molecular flexibility index (Phi) is 16.4. The first-order valence-corrected chi connectivity index (χ1v) is 15.3. The molecule has 0 fully saturated rings. The largest absolute Gasteiger partial charge is 0.478 e. The number of aldehydes is 1. The number of carboxylic acids is 1. The number of carbonyl (C=O) groups is 6. The first-order valence-electron chi connectivity index (χ1n) is 15.3. The Morgan fingerprint density at radius 3 is 2.13 bits per heavy atom. The summed E-state index contributed by atoms with van der Waals surface area (Å²) in [6, 6.07) is 2.36. The van der Waals surface area contributed by atoms with Crippen LogP contribution in [0.15, 0.2) is 24.3 Å². The van der Waals surface area contributed by atoms with Crippen LogP contribution in [0, 0.1) is 11.8 Å². The van der Waals surface area contributed by atoms with E-state index in [2.05, 4.69) is 21.4 Å². The Balaban J connectivity index is 3.08. The molecule has 0 saturated heterocycles. The minimum Gasteiger partial charge on any atom is -0.478 e. The van der Waals surface area contributed by atoms with Gasteiger partial charge in [0, 0.05) is 6.42 Å². The third kappa shape index (κ3) is 14.7. The van der Waals surface area contributed by atoms with Crippen molar-refractivity contribution in [1.82, 2.24) is 21.4 Å². The number of ether oxygens (including phenoxy) is 1. The maximum atomic E-state index is 13.5. The van der Waals surface area contributed by atoms with Gasteiger partial charge in [0.1, 0.15) is 30.0 Å². The highest BCUT2D eigenvalue weighted by Gasteiger charge is 2.31. The number of aromatic carboxylic acids is 1. The predicted molar refractivity (Wildman–Crippen MR) is 167 cm³/mol. The zero-order chi connectivity index (χ0) is 34.3. The highest BCUT2D eigenvalue weighted by Crippen LogP contribution is 2.14. The second-order valence-electron chi connectivity index (χ2n) is 12.5. The van der Waals surface area contributed by atoms with Crippen LogP contribution in [-0.2, 0) is 40.2 Å². The lowest BCUT2D eigenvalue weighted by Gasteiger charge is -2.27. The molecule has 1 aromatic carbocycles. The topological polar surface area (TPSA) is 189 Å². The summed E-state index contributed by atoms with van der Waals surface area (Å²) in [5.41, 5.74) is 2.41. The van der Waals surface area contributed by atoms with Crippen molar-refractivity contribution in [2.75, 3.05) is 0 Å². The van der Waals surface area contributed by atoms with Crippen molar-refractivity contribution >= 4 is 35.9 Å². The number of carboxylic acid groups (broad SMARTS) is 1. The second-order valence-corrected chi connectivity index (χ2v) is 12.5. The van der Waals surface area contributed by atoms with Crippen LogP contribution in [0.2, 0.25) is 0 Å². The van der Waals surface area contributed by atoms with Gasteiger partial charge in [-0.3, -0.25) is 24.0 Å². The number of carbonyl (C=O) groups excluding carboxylic acids is 5. The molecule has 0 aliphatic heterocycles. The van der Waals surface area contributed by atoms with Gasteiger partial charge in [-0.05, 0) is 64.0 Å². The first kappa shape index (κ1) is 39.2. The van der Waals surface area contributed by atoms with Crippen LogP contribution in [0.3, 0.4) is 0 Å².